The van der Waals surface area contributed by atoms with Gasteiger partial charge < -0.3 is 16.4 Å². The smallest absolute Gasteiger partial charge is 0.248 e. The van der Waals surface area contributed by atoms with Crippen LogP contribution in [0.5, 0.6) is 0 Å². The fraction of sp³-hybridized carbons (Fsp3) is 0.263. The highest BCUT2D eigenvalue weighted by Crippen LogP contribution is 2.16. The van der Waals surface area contributed by atoms with E-state index in [1.807, 2.05) is 25.1 Å². The van der Waals surface area contributed by atoms with Gasteiger partial charge in [0.1, 0.15) is 5.82 Å². The number of benzene rings is 2. The quantitative estimate of drug-likeness (QED) is 0.357. The number of aliphatic imine (C=N–C) groups is 1. The third-order valence-electron chi connectivity index (χ3n) is 3.97. The fourth-order valence-electron chi connectivity index (χ4n) is 2.33. The van der Waals surface area contributed by atoms with Crippen LogP contribution in [0.2, 0.25) is 0 Å². The molecule has 0 aliphatic rings. The molecule has 4 N–H and O–H groups in total. The van der Waals surface area contributed by atoms with Crippen LogP contribution in [0.1, 0.15) is 40.0 Å². The first-order chi connectivity index (χ1) is 11.9. The molecule has 5 nitrogen and oxygen atoms in total. The van der Waals surface area contributed by atoms with Crippen LogP contribution in [0.25, 0.3) is 0 Å². The molecule has 2 rings (SSSR count). The summed E-state index contributed by atoms with van der Waals surface area (Å²) in [5, 5.41) is 6.42. The van der Waals surface area contributed by atoms with Crippen molar-refractivity contribution in [1.29, 1.82) is 0 Å². The minimum atomic E-state index is -0.448. The van der Waals surface area contributed by atoms with E-state index in [0.29, 0.717) is 23.6 Å². The minimum absolute atomic E-state index is 0. The summed E-state index contributed by atoms with van der Waals surface area (Å²) in [6.45, 7) is 4.22. The molecular weight excluding hydrogens is 446 g/mol. The number of rotatable bonds is 5. The molecule has 2 aromatic rings. The van der Waals surface area contributed by atoms with Crippen molar-refractivity contribution in [3.8, 4) is 0 Å². The third-order valence-corrected chi connectivity index (χ3v) is 3.97. The Hall–Kier alpha value is -2.16. The van der Waals surface area contributed by atoms with Crippen molar-refractivity contribution in [3.05, 3.63) is 70.5 Å². The summed E-state index contributed by atoms with van der Waals surface area (Å²) < 4.78 is 13.7. The number of hydrogen-bond donors (Lipinski definition) is 3. The van der Waals surface area contributed by atoms with Crippen molar-refractivity contribution in [2.45, 2.75) is 26.4 Å². The van der Waals surface area contributed by atoms with Crippen LogP contribution in [-0.4, -0.2) is 18.9 Å². The second kappa shape index (κ2) is 10.1. The van der Waals surface area contributed by atoms with E-state index in [4.69, 9.17) is 5.73 Å². The average Bonchev–Trinajstić information content (AvgIpc) is 2.61. The van der Waals surface area contributed by atoms with Crippen LogP contribution in [0.4, 0.5) is 4.39 Å². The van der Waals surface area contributed by atoms with Gasteiger partial charge in [-0.2, -0.15) is 0 Å². The number of nitrogens with one attached hydrogen (secondary N) is 2. The van der Waals surface area contributed by atoms with Crippen LogP contribution < -0.4 is 16.4 Å². The molecular formula is C19H24FIN4O. The maximum absolute atomic E-state index is 13.7. The summed E-state index contributed by atoms with van der Waals surface area (Å²) in [5.74, 6) is -0.0627. The van der Waals surface area contributed by atoms with Crippen molar-refractivity contribution in [3.63, 3.8) is 0 Å². The second-order valence-electron chi connectivity index (χ2n) is 5.86. The molecule has 0 aliphatic carbocycles. The fourth-order valence-corrected chi connectivity index (χ4v) is 2.33. The molecule has 1 atom stereocenters. The Bertz CT molecular complexity index is 778. The van der Waals surface area contributed by atoms with Gasteiger partial charge >= 0.3 is 0 Å². The maximum Gasteiger partial charge on any atom is 0.248 e. The van der Waals surface area contributed by atoms with Crippen LogP contribution in [0.3, 0.4) is 0 Å². The molecule has 7 heteroatoms. The van der Waals surface area contributed by atoms with E-state index in [-0.39, 0.29) is 35.8 Å². The first-order valence-corrected chi connectivity index (χ1v) is 8.02. The van der Waals surface area contributed by atoms with E-state index < -0.39 is 5.91 Å². The Morgan fingerprint density at radius 1 is 1.23 bits per heavy atom. The van der Waals surface area contributed by atoms with Gasteiger partial charge in [0, 0.05) is 19.2 Å². The molecule has 140 valence electrons. The second-order valence-corrected chi connectivity index (χ2v) is 5.86. The van der Waals surface area contributed by atoms with Crippen LogP contribution in [-0.2, 0) is 6.54 Å². The zero-order valence-corrected chi connectivity index (χ0v) is 17.4. The topological polar surface area (TPSA) is 79.5 Å². The predicted molar refractivity (Wildman–Crippen MR) is 113 cm³/mol. The number of nitrogens with two attached hydrogens (primary N) is 1. The molecule has 0 fully saturated rings. The Morgan fingerprint density at radius 2 is 1.88 bits per heavy atom. The summed E-state index contributed by atoms with van der Waals surface area (Å²) in [5.41, 5.74) is 8.16. The molecule has 1 amide bonds. The minimum Gasteiger partial charge on any atom is -0.366 e. The zero-order valence-electron chi connectivity index (χ0n) is 15.0. The van der Waals surface area contributed by atoms with Crippen molar-refractivity contribution in [2.24, 2.45) is 10.7 Å². The average molecular weight is 470 g/mol. The van der Waals surface area contributed by atoms with Gasteiger partial charge in [-0.1, -0.05) is 24.3 Å². The Kier molecular flexibility index (Phi) is 8.50. The number of hydrogen-bond acceptors (Lipinski definition) is 2. The lowest BCUT2D eigenvalue weighted by Crippen LogP contribution is -2.38. The highest BCUT2D eigenvalue weighted by atomic mass is 127. The lowest BCUT2D eigenvalue weighted by Gasteiger charge is -2.19. The molecule has 0 radical (unpaired) electrons. The number of halogens is 2. The monoisotopic (exact) mass is 470 g/mol. The van der Waals surface area contributed by atoms with Crippen molar-refractivity contribution < 1.29 is 9.18 Å². The van der Waals surface area contributed by atoms with E-state index in [1.165, 1.54) is 6.07 Å². The van der Waals surface area contributed by atoms with Crippen LogP contribution in [0, 0.1) is 12.7 Å². The molecule has 1 unspecified atom stereocenters. The van der Waals surface area contributed by atoms with Crippen molar-refractivity contribution >= 4 is 35.8 Å². The number of nitrogens with zero attached hydrogens (tertiary/aromatic N) is 1. The molecule has 0 saturated carbocycles. The number of guanidine groups is 1. The van der Waals surface area contributed by atoms with Gasteiger partial charge in [0.05, 0.1) is 6.04 Å². The molecule has 0 bridgehead atoms. The van der Waals surface area contributed by atoms with Crippen LogP contribution >= 0.6 is 24.0 Å². The molecule has 0 heterocycles. The number of carbonyl (C=O) groups is 1. The first kappa shape index (κ1) is 21.9. The summed E-state index contributed by atoms with van der Waals surface area (Å²) in [6, 6.07) is 12.1. The standard InChI is InChI=1S/C19H23FN4O.HI/c1-12-4-7-16(10-17(12)20)13(2)24-19(22-3)23-11-14-5-8-15(9-6-14)18(21)25;/h4-10,13H,11H2,1-3H3,(H2,21,25)(H2,22,23,24);1H. The molecule has 0 spiro atoms. The maximum atomic E-state index is 13.7. The van der Waals surface area contributed by atoms with E-state index >= 15 is 0 Å². The molecule has 0 aromatic heterocycles. The van der Waals surface area contributed by atoms with E-state index in [9.17, 15) is 9.18 Å². The number of primary amides is 1. The highest BCUT2D eigenvalue weighted by Gasteiger charge is 2.10. The zero-order chi connectivity index (χ0) is 18.4. The molecule has 26 heavy (non-hydrogen) atoms. The highest BCUT2D eigenvalue weighted by molar-refractivity contribution is 14.0. The molecule has 0 aliphatic heterocycles. The molecule has 2 aromatic carbocycles. The van der Waals surface area contributed by atoms with Gasteiger partial charge in [0.2, 0.25) is 5.91 Å². The third kappa shape index (κ3) is 5.98. The van der Waals surface area contributed by atoms with Crippen molar-refractivity contribution in [1.82, 2.24) is 10.6 Å². The van der Waals surface area contributed by atoms with E-state index in [0.717, 1.165) is 11.1 Å². The number of amides is 1. The largest absolute Gasteiger partial charge is 0.366 e. The van der Waals surface area contributed by atoms with E-state index in [2.05, 4.69) is 15.6 Å². The summed E-state index contributed by atoms with van der Waals surface area (Å²) in [7, 11) is 1.67. The number of carbonyl (C=O) groups excluding carboxylic acids is 1. The van der Waals surface area contributed by atoms with E-state index in [1.54, 1.807) is 32.2 Å². The van der Waals surface area contributed by atoms with Gasteiger partial charge in [-0.3, -0.25) is 9.79 Å². The Morgan fingerprint density at radius 3 is 2.42 bits per heavy atom. The van der Waals surface area contributed by atoms with Crippen LogP contribution in [0.15, 0.2) is 47.5 Å². The Labute approximate surface area is 170 Å². The SMILES string of the molecule is CN=C(NCc1ccc(C(N)=O)cc1)NC(C)c1ccc(C)c(F)c1.I. The lowest BCUT2D eigenvalue weighted by atomic mass is 10.1. The molecule has 0 saturated heterocycles. The van der Waals surface area contributed by atoms with Gasteiger partial charge in [0.25, 0.3) is 0 Å². The van der Waals surface area contributed by atoms with Gasteiger partial charge in [0.15, 0.2) is 5.96 Å². The summed E-state index contributed by atoms with van der Waals surface area (Å²) in [4.78, 5) is 15.3. The number of aryl methyl sites for hydroxylation is 1. The normalized spacial score (nSPS) is 12.1. The van der Waals surface area contributed by atoms with Gasteiger partial charge in [-0.25, -0.2) is 4.39 Å². The predicted octanol–water partition coefficient (Wildman–Crippen LogP) is 3.28. The van der Waals surface area contributed by atoms with Gasteiger partial charge in [-0.05, 0) is 48.7 Å². The van der Waals surface area contributed by atoms with Gasteiger partial charge in [-0.15, -0.1) is 24.0 Å². The summed E-state index contributed by atoms with van der Waals surface area (Å²) >= 11 is 0. The van der Waals surface area contributed by atoms with Crippen molar-refractivity contribution in [2.75, 3.05) is 7.05 Å². The summed E-state index contributed by atoms with van der Waals surface area (Å²) in [6.07, 6.45) is 0. The lowest BCUT2D eigenvalue weighted by molar-refractivity contribution is 0.100. The Balaban J connectivity index is 0.00000338. The first-order valence-electron chi connectivity index (χ1n) is 8.02.